The van der Waals surface area contributed by atoms with E-state index in [-0.39, 0.29) is 29.3 Å². The van der Waals surface area contributed by atoms with Crippen LogP contribution >= 0.6 is 11.6 Å². The molecule has 0 saturated heterocycles. The fraction of sp³-hybridized carbons (Fsp3) is 0.417. The van der Waals surface area contributed by atoms with E-state index in [1.54, 1.807) is 49.1 Å². The Balaban J connectivity index is 2.16. The third-order valence-corrected chi connectivity index (χ3v) is 8.12. The van der Waals surface area contributed by atoms with Crippen molar-refractivity contribution in [1.82, 2.24) is 4.90 Å². The van der Waals surface area contributed by atoms with Gasteiger partial charge in [-0.2, -0.15) is 0 Å². The molecule has 0 unspecified atom stereocenters. The number of nitrogens with zero attached hydrogens (tertiary/aromatic N) is 2. The van der Waals surface area contributed by atoms with E-state index in [9.17, 15) is 18.0 Å². The van der Waals surface area contributed by atoms with Crippen molar-refractivity contribution >= 4 is 44.8 Å². The first kappa shape index (κ1) is 25.1. The summed E-state index contributed by atoms with van der Waals surface area (Å²) in [6, 6.07) is 8.37. The maximum Gasteiger partial charge on any atom is 0.265 e. The summed E-state index contributed by atoms with van der Waals surface area (Å²) in [5.74, 6) is -0.829. The average molecular weight is 492 g/mol. The van der Waals surface area contributed by atoms with Crippen molar-refractivity contribution in [1.29, 1.82) is 0 Å². The molecule has 3 rings (SSSR count). The van der Waals surface area contributed by atoms with Crippen molar-refractivity contribution in [2.75, 3.05) is 9.62 Å². The van der Waals surface area contributed by atoms with Crippen LogP contribution in [0, 0.1) is 13.8 Å². The SMILES string of the molecule is Cc1cc(S(=O)(=O)N2c3ccccc3NC(=O)[C@H]2CC(=O)N(C(C)C)C(C)C)c(C)cc1Cl. The number of anilines is 2. The topological polar surface area (TPSA) is 86.8 Å². The summed E-state index contributed by atoms with van der Waals surface area (Å²) < 4.78 is 29.1. The third kappa shape index (κ3) is 4.73. The lowest BCUT2D eigenvalue weighted by Gasteiger charge is -2.39. The lowest BCUT2D eigenvalue weighted by atomic mass is 10.1. The largest absolute Gasteiger partial charge is 0.338 e. The molecule has 7 nitrogen and oxygen atoms in total. The Morgan fingerprint density at radius 1 is 1.09 bits per heavy atom. The molecule has 1 aliphatic heterocycles. The Hall–Kier alpha value is -2.58. The number of amides is 2. The second kappa shape index (κ2) is 9.35. The Morgan fingerprint density at radius 3 is 2.30 bits per heavy atom. The molecule has 1 heterocycles. The lowest BCUT2D eigenvalue weighted by Crippen LogP contribution is -2.54. The molecule has 0 saturated carbocycles. The summed E-state index contributed by atoms with van der Waals surface area (Å²) >= 11 is 6.19. The number of para-hydroxylation sites is 2. The van der Waals surface area contributed by atoms with Gasteiger partial charge in [0.15, 0.2) is 0 Å². The van der Waals surface area contributed by atoms with E-state index < -0.39 is 22.0 Å². The number of sulfonamides is 1. The molecule has 9 heteroatoms. The van der Waals surface area contributed by atoms with Gasteiger partial charge in [0.2, 0.25) is 11.8 Å². The Morgan fingerprint density at radius 2 is 1.70 bits per heavy atom. The second-order valence-corrected chi connectivity index (χ2v) is 11.1. The van der Waals surface area contributed by atoms with Gasteiger partial charge in [-0.25, -0.2) is 8.42 Å². The number of rotatable bonds is 6. The van der Waals surface area contributed by atoms with Crippen LogP contribution in [0.15, 0.2) is 41.3 Å². The summed E-state index contributed by atoms with van der Waals surface area (Å²) in [4.78, 5) is 28.1. The van der Waals surface area contributed by atoms with Gasteiger partial charge in [-0.05, 0) is 76.9 Å². The van der Waals surface area contributed by atoms with Crippen LogP contribution in [-0.4, -0.2) is 43.3 Å². The normalized spacial score (nSPS) is 16.1. The molecule has 0 bridgehead atoms. The van der Waals surface area contributed by atoms with Gasteiger partial charge < -0.3 is 10.2 Å². The van der Waals surface area contributed by atoms with Crippen LogP contribution in [-0.2, 0) is 19.6 Å². The monoisotopic (exact) mass is 491 g/mol. The average Bonchev–Trinajstić information content (AvgIpc) is 2.70. The number of fused-ring (bicyclic) bond motifs is 1. The third-order valence-electron chi connectivity index (χ3n) is 5.75. The van der Waals surface area contributed by atoms with E-state index in [1.807, 2.05) is 27.7 Å². The summed E-state index contributed by atoms with van der Waals surface area (Å²) in [5, 5.41) is 3.22. The van der Waals surface area contributed by atoms with Crippen molar-refractivity contribution in [3.05, 3.63) is 52.5 Å². The highest BCUT2D eigenvalue weighted by Crippen LogP contribution is 2.38. The minimum absolute atomic E-state index is 0.0518. The molecule has 178 valence electrons. The minimum atomic E-state index is -4.20. The number of carbonyl (C=O) groups excluding carboxylic acids is 2. The Bertz CT molecular complexity index is 1190. The van der Waals surface area contributed by atoms with Crippen molar-refractivity contribution in [3.8, 4) is 0 Å². The standard InChI is InChI=1S/C24H30ClN3O4S/c1-14(2)27(15(3)4)23(29)13-21-24(30)26-19-9-7-8-10-20(19)28(21)33(31,32)22-12-16(5)18(25)11-17(22)6/h7-12,14-15,21H,13H2,1-6H3,(H,26,30)/t21-/m1/s1. The van der Waals surface area contributed by atoms with Gasteiger partial charge in [0.1, 0.15) is 6.04 Å². The van der Waals surface area contributed by atoms with Crippen LogP contribution in [0.2, 0.25) is 5.02 Å². The minimum Gasteiger partial charge on any atom is -0.338 e. The maximum atomic E-state index is 14.0. The zero-order valence-electron chi connectivity index (χ0n) is 19.7. The van der Waals surface area contributed by atoms with Crippen LogP contribution in [0.1, 0.15) is 45.2 Å². The zero-order valence-corrected chi connectivity index (χ0v) is 21.3. The van der Waals surface area contributed by atoms with Crippen molar-refractivity contribution in [3.63, 3.8) is 0 Å². The zero-order chi connectivity index (χ0) is 24.7. The summed E-state index contributed by atoms with van der Waals surface area (Å²) in [6.07, 6.45) is -0.276. The Labute approximate surface area is 200 Å². The van der Waals surface area contributed by atoms with Crippen LogP contribution in [0.3, 0.4) is 0 Å². The number of hydrogen-bond acceptors (Lipinski definition) is 4. The first-order chi connectivity index (χ1) is 15.4. The van der Waals surface area contributed by atoms with Gasteiger partial charge in [0, 0.05) is 17.1 Å². The second-order valence-electron chi connectivity index (χ2n) is 8.88. The molecule has 0 aromatic heterocycles. The number of carbonyl (C=O) groups is 2. The van der Waals surface area contributed by atoms with Crippen LogP contribution in [0.5, 0.6) is 0 Å². The number of hydrogen-bond donors (Lipinski definition) is 1. The molecule has 1 aliphatic rings. The van der Waals surface area contributed by atoms with E-state index >= 15 is 0 Å². The predicted octanol–water partition coefficient (Wildman–Crippen LogP) is 4.51. The van der Waals surface area contributed by atoms with Gasteiger partial charge in [0.05, 0.1) is 22.7 Å². The van der Waals surface area contributed by atoms with Crippen LogP contribution in [0.4, 0.5) is 11.4 Å². The summed E-state index contributed by atoms with van der Waals surface area (Å²) in [5.41, 5.74) is 1.77. The first-order valence-corrected chi connectivity index (χ1v) is 12.7. The molecule has 2 aromatic rings. The van der Waals surface area contributed by atoms with Crippen molar-refractivity contribution in [2.45, 2.75) is 71.0 Å². The van der Waals surface area contributed by atoms with Crippen LogP contribution < -0.4 is 9.62 Å². The number of benzene rings is 2. The molecular formula is C24H30ClN3O4S. The molecule has 0 radical (unpaired) electrons. The van der Waals surface area contributed by atoms with E-state index in [0.717, 1.165) is 4.31 Å². The summed E-state index contributed by atoms with van der Waals surface area (Å²) in [7, 11) is -4.20. The maximum absolute atomic E-state index is 14.0. The molecule has 0 fully saturated rings. The van der Waals surface area contributed by atoms with E-state index in [2.05, 4.69) is 5.32 Å². The molecular weight excluding hydrogens is 462 g/mol. The lowest BCUT2D eigenvalue weighted by molar-refractivity contribution is -0.136. The first-order valence-electron chi connectivity index (χ1n) is 10.9. The van der Waals surface area contributed by atoms with Gasteiger partial charge in [-0.1, -0.05) is 23.7 Å². The van der Waals surface area contributed by atoms with Crippen LogP contribution in [0.25, 0.3) is 0 Å². The number of aryl methyl sites for hydroxylation is 2. The molecule has 0 aliphatic carbocycles. The van der Waals surface area contributed by atoms with E-state index in [1.165, 1.54) is 6.07 Å². The van der Waals surface area contributed by atoms with E-state index in [4.69, 9.17) is 11.6 Å². The number of halogens is 1. The fourth-order valence-corrected chi connectivity index (χ4v) is 6.46. The van der Waals surface area contributed by atoms with Crippen molar-refractivity contribution in [2.24, 2.45) is 0 Å². The van der Waals surface area contributed by atoms with Gasteiger partial charge in [-0.15, -0.1) is 0 Å². The highest BCUT2D eigenvalue weighted by Gasteiger charge is 2.43. The molecule has 2 aromatic carbocycles. The summed E-state index contributed by atoms with van der Waals surface area (Å²) in [6.45, 7) is 10.9. The molecule has 1 N–H and O–H groups in total. The van der Waals surface area contributed by atoms with Gasteiger partial charge >= 0.3 is 0 Å². The quantitative estimate of drug-likeness (QED) is 0.644. The smallest absolute Gasteiger partial charge is 0.265 e. The predicted molar refractivity (Wildman–Crippen MR) is 131 cm³/mol. The number of nitrogens with one attached hydrogen (secondary N) is 1. The molecule has 0 spiro atoms. The highest BCUT2D eigenvalue weighted by molar-refractivity contribution is 7.93. The van der Waals surface area contributed by atoms with Gasteiger partial charge in [-0.3, -0.25) is 13.9 Å². The van der Waals surface area contributed by atoms with Gasteiger partial charge in [0.25, 0.3) is 10.0 Å². The molecule has 1 atom stereocenters. The van der Waals surface area contributed by atoms with Crippen molar-refractivity contribution < 1.29 is 18.0 Å². The highest BCUT2D eigenvalue weighted by atomic mass is 35.5. The van der Waals surface area contributed by atoms with E-state index in [0.29, 0.717) is 27.5 Å². The molecule has 33 heavy (non-hydrogen) atoms. The fourth-order valence-electron chi connectivity index (χ4n) is 4.32. The molecule has 2 amide bonds. The Kier molecular flexibility index (Phi) is 7.10.